The number of thiazole rings is 1. The fraction of sp³-hybridized carbons (Fsp3) is 0.250. The summed E-state index contributed by atoms with van der Waals surface area (Å²) in [5.41, 5.74) is 0.518. The third-order valence-electron chi connectivity index (χ3n) is 2.63. The molecule has 0 spiro atoms. The van der Waals surface area contributed by atoms with Gasteiger partial charge >= 0.3 is 6.18 Å². The summed E-state index contributed by atoms with van der Waals surface area (Å²) in [6.45, 7) is 0. The van der Waals surface area contributed by atoms with E-state index in [-0.39, 0.29) is 4.47 Å². The summed E-state index contributed by atoms with van der Waals surface area (Å²) in [4.78, 5) is 3.75. The third-order valence-corrected chi connectivity index (χ3v) is 4.58. The molecular weight excluding hydrogens is 360 g/mol. The van der Waals surface area contributed by atoms with Crippen LogP contribution in [0.4, 0.5) is 17.6 Å². The lowest BCUT2D eigenvalue weighted by atomic mass is 10.1. The van der Waals surface area contributed by atoms with Crippen LogP contribution in [-0.4, -0.2) is 12.0 Å². The summed E-state index contributed by atoms with van der Waals surface area (Å²) in [7, 11) is 1.59. The lowest BCUT2D eigenvalue weighted by Crippen LogP contribution is -2.17. The number of aromatic nitrogens is 1. The van der Waals surface area contributed by atoms with Crippen LogP contribution in [0.5, 0.6) is 0 Å². The van der Waals surface area contributed by atoms with Crippen molar-refractivity contribution in [2.45, 2.75) is 12.2 Å². The second-order valence-corrected chi connectivity index (χ2v) is 5.79. The molecule has 1 unspecified atom stereocenters. The van der Waals surface area contributed by atoms with Gasteiger partial charge in [0.1, 0.15) is 5.82 Å². The Balaban J connectivity index is 2.43. The molecule has 1 N–H and O–H groups in total. The Morgan fingerprint density at radius 1 is 1.35 bits per heavy atom. The Bertz CT molecular complexity index is 612. The molecular formula is C12H9BrF4N2S. The van der Waals surface area contributed by atoms with Gasteiger partial charge in [0, 0.05) is 11.1 Å². The van der Waals surface area contributed by atoms with Crippen molar-refractivity contribution >= 4 is 27.3 Å². The van der Waals surface area contributed by atoms with Gasteiger partial charge in [0.15, 0.2) is 5.01 Å². The zero-order valence-electron chi connectivity index (χ0n) is 10.1. The molecule has 0 fully saturated rings. The quantitative estimate of drug-likeness (QED) is 0.813. The van der Waals surface area contributed by atoms with Crippen molar-refractivity contribution in [2.24, 2.45) is 0 Å². The van der Waals surface area contributed by atoms with Gasteiger partial charge in [-0.25, -0.2) is 9.37 Å². The van der Waals surface area contributed by atoms with Gasteiger partial charge in [-0.15, -0.1) is 11.3 Å². The van der Waals surface area contributed by atoms with Crippen LogP contribution in [0.3, 0.4) is 0 Å². The normalized spacial score (nSPS) is 13.5. The van der Waals surface area contributed by atoms with Crippen LogP contribution in [-0.2, 0) is 6.18 Å². The summed E-state index contributed by atoms with van der Waals surface area (Å²) in [6.07, 6.45) is -3.31. The molecule has 2 nitrogen and oxygen atoms in total. The number of halogens is 5. The van der Waals surface area contributed by atoms with Crippen molar-refractivity contribution in [1.29, 1.82) is 0 Å². The maximum Gasteiger partial charge on any atom is 0.443 e. The molecule has 0 amide bonds. The van der Waals surface area contributed by atoms with Crippen LogP contribution < -0.4 is 5.32 Å². The highest BCUT2D eigenvalue weighted by molar-refractivity contribution is 9.10. The van der Waals surface area contributed by atoms with Crippen LogP contribution in [0, 0.1) is 5.82 Å². The molecule has 1 atom stereocenters. The van der Waals surface area contributed by atoms with E-state index >= 15 is 0 Å². The third kappa shape index (κ3) is 3.02. The molecule has 0 aliphatic rings. The van der Waals surface area contributed by atoms with Crippen LogP contribution in [0.25, 0.3) is 0 Å². The van der Waals surface area contributed by atoms with Crippen LogP contribution in [0.2, 0.25) is 0 Å². The Hall–Kier alpha value is -0.990. The van der Waals surface area contributed by atoms with E-state index in [0.717, 1.165) is 6.20 Å². The molecule has 1 aromatic heterocycles. The first-order chi connectivity index (χ1) is 9.34. The van der Waals surface area contributed by atoms with Crippen molar-refractivity contribution in [3.8, 4) is 0 Å². The van der Waals surface area contributed by atoms with E-state index < -0.39 is 23.0 Å². The Labute approximate surface area is 125 Å². The maximum absolute atomic E-state index is 13.5. The second-order valence-electron chi connectivity index (χ2n) is 3.93. The van der Waals surface area contributed by atoms with E-state index in [1.54, 1.807) is 13.1 Å². The van der Waals surface area contributed by atoms with Crippen molar-refractivity contribution in [2.75, 3.05) is 7.05 Å². The minimum absolute atomic E-state index is 0.223. The predicted molar refractivity (Wildman–Crippen MR) is 72.1 cm³/mol. The summed E-state index contributed by atoms with van der Waals surface area (Å²) >= 11 is 3.65. The van der Waals surface area contributed by atoms with Gasteiger partial charge in [0.25, 0.3) is 0 Å². The van der Waals surface area contributed by atoms with E-state index in [9.17, 15) is 17.6 Å². The molecule has 2 rings (SSSR count). The van der Waals surface area contributed by atoms with Crippen molar-refractivity contribution in [3.05, 3.63) is 50.1 Å². The van der Waals surface area contributed by atoms with Gasteiger partial charge in [-0.2, -0.15) is 13.2 Å². The molecule has 0 radical (unpaired) electrons. The highest BCUT2D eigenvalue weighted by Crippen LogP contribution is 2.37. The summed E-state index contributed by atoms with van der Waals surface area (Å²) in [6, 6.07) is 3.86. The minimum Gasteiger partial charge on any atom is -0.309 e. The number of hydrogen-bond donors (Lipinski definition) is 1. The smallest absolute Gasteiger partial charge is 0.309 e. The fourth-order valence-electron chi connectivity index (χ4n) is 1.75. The molecule has 20 heavy (non-hydrogen) atoms. The zero-order chi connectivity index (χ0) is 14.9. The maximum atomic E-state index is 13.5. The molecule has 8 heteroatoms. The number of hydrogen-bond acceptors (Lipinski definition) is 3. The van der Waals surface area contributed by atoms with E-state index in [1.807, 2.05) is 0 Å². The molecule has 0 saturated heterocycles. The molecule has 2 aromatic rings. The van der Waals surface area contributed by atoms with E-state index in [0.29, 0.717) is 21.8 Å². The summed E-state index contributed by atoms with van der Waals surface area (Å²) in [5, 5.41) is 1.96. The average molecular weight is 369 g/mol. The monoisotopic (exact) mass is 368 g/mol. The highest BCUT2D eigenvalue weighted by atomic mass is 79.9. The number of nitrogens with zero attached hydrogens (tertiary/aromatic N) is 1. The van der Waals surface area contributed by atoms with Gasteiger partial charge in [-0.05, 0) is 34.6 Å². The van der Waals surface area contributed by atoms with Gasteiger partial charge in [-0.3, -0.25) is 0 Å². The van der Waals surface area contributed by atoms with Crippen LogP contribution in [0.15, 0.2) is 28.9 Å². The number of nitrogens with one attached hydrogen (secondary N) is 1. The number of alkyl halides is 3. The Morgan fingerprint density at radius 2 is 2.05 bits per heavy atom. The molecule has 0 bridgehead atoms. The number of benzene rings is 1. The van der Waals surface area contributed by atoms with Gasteiger partial charge in [-0.1, -0.05) is 12.1 Å². The van der Waals surface area contributed by atoms with Crippen molar-refractivity contribution in [3.63, 3.8) is 0 Å². The van der Waals surface area contributed by atoms with Crippen LogP contribution >= 0.6 is 27.3 Å². The Morgan fingerprint density at radius 3 is 2.60 bits per heavy atom. The average Bonchev–Trinajstić information content (AvgIpc) is 2.85. The minimum atomic E-state index is -4.47. The first-order valence-corrected chi connectivity index (χ1v) is 7.09. The number of rotatable bonds is 3. The van der Waals surface area contributed by atoms with Crippen LogP contribution in [0.1, 0.15) is 21.5 Å². The van der Waals surface area contributed by atoms with Crippen molar-refractivity contribution in [1.82, 2.24) is 10.3 Å². The molecule has 0 saturated carbocycles. The van der Waals surface area contributed by atoms with Gasteiger partial charge in [0.05, 0.1) is 10.5 Å². The molecule has 1 aromatic carbocycles. The largest absolute Gasteiger partial charge is 0.443 e. The fourth-order valence-corrected chi connectivity index (χ4v) is 3.15. The van der Waals surface area contributed by atoms with E-state index in [2.05, 4.69) is 26.2 Å². The lowest BCUT2D eigenvalue weighted by Gasteiger charge is -2.16. The first-order valence-electron chi connectivity index (χ1n) is 5.48. The zero-order valence-corrected chi connectivity index (χ0v) is 12.5. The molecule has 108 valence electrons. The standard InChI is InChI=1S/C12H9BrF4N2S/c1-18-10(6-3-2-4-7(14)9(6)13)8-5-19-11(20-8)12(15,16)17/h2-5,10,18H,1H3. The summed E-state index contributed by atoms with van der Waals surface area (Å²) in [5.74, 6) is -0.469. The molecule has 0 aliphatic heterocycles. The van der Waals surface area contributed by atoms with Gasteiger partial charge in [0.2, 0.25) is 0 Å². The lowest BCUT2D eigenvalue weighted by molar-refractivity contribution is -0.137. The Kier molecular flexibility index (Phi) is 4.46. The summed E-state index contributed by atoms with van der Waals surface area (Å²) < 4.78 is 51.5. The van der Waals surface area contributed by atoms with E-state index in [4.69, 9.17) is 0 Å². The molecule has 0 aliphatic carbocycles. The SMILES string of the molecule is CNC(c1cnc(C(F)(F)F)s1)c1cccc(F)c1Br. The second kappa shape index (κ2) is 5.79. The van der Waals surface area contributed by atoms with Crippen molar-refractivity contribution < 1.29 is 17.6 Å². The predicted octanol–water partition coefficient (Wildman–Crippen LogP) is 4.37. The topological polar surface area (TPSA) is 24.9 Å². The van der Waals surface area contributed by atoms with E-state index in [1.165, 1.54) is 12.1 Å². The molecule has 1 heterocycles. The highest BCUT2D eigenvalue weighted by Gasteiger charge is 2.35. The van der Waals surface area contributed by atoms with Gasteiger partial charge < -0.3 is 5.32 Å². The first kappa shape index (κ1) is 15.4.